The van der Waals surface area contributed by atoms with Crippen LogP contribution < -0.4 is 5.32 Å². The normalized spacial score (nSPS) is 13.1. The highest BCUT2D eigenvalue weighted by Crippen LogP contribution is 2.08. The van der Waals surface area contributed by atoms with Crippen LogP contribution >= 0.6 is 0 Å². The van der Waals surface area contributed by atoms with Crippen LogP contribution in [0.5, 0.6) is 0 Å². The third kappa shape index (κ3) is 4.06. The fraction of sp³-hybridized carbons (Fsp3) is 0.818. The maximum atomic E-state index is 11.7. The minimum Gasteiger partial charge on any atom is -0.391 e. The molecule has 0 spiro atoms. The van der Waals surface area contributed by atoms with Crippen LogP contribution in [0.25, 0.3) is 0 Å². The van der Waals surface area contributed by atoms with E-state index in [1.807, 2.05) is 27.7 Å². The summed E-state index contributed by atoms with van der Waals surface area (Å²) in [5.74, 6) is 0.747. The summed E-state index contributed by atoms with van der Waals surface area (Å²) in [6, 6.07) is 0. The molecule has 1 aromatic heterocycles. The Hall–Kier alpha value is -1.50. The monoisotopic (exact) mass is 255 g/mol. The predicted octanol–water partition coefficient (Wildman–Crippen LogP) is -0.0704. The summed E-state index contributed by atoms with van der Waals surface area (Å²) in [4.78, 5) is 11.7. The molecule has 1 heterocycles. The van der Waals surface area contributed by atoms with Gasteiger partial charge >= 0.3 is 0 Å². The molecule has 102 valence electrons. The maximum absolute atomic E-state index is 11.7. The Kier molecular flexibility index (Phi) is 5.21. The lowest BCUT2D eigenvalue weighted by Gasteiger charge is -2.15. The Bertz CT molecular complexity index is 389. The van der Waals surface area contributed by atoms with Gasteiger partial charge in [0.15, 0.2) is 5.82 Å². The third-order valence-corrected chi connectivity index (χ3v) is 2.65. The van der Waals surface area contributed by atoms with Gasteiger partial charge in [-0.05, 0) is 16.3 Å². The average Bonchev–Trinajstić information content (AvgIpc) is 2.73. The van der Waals surface area contributed by atoms with E-state index in [2.05, 4.69) is 20.8 Å². The minimum atomic E-state index is -0.535. The molecule has 1 aromatic rings. The zero-order chi connectivity index (χ0) is 13.7. The topological polar surface area (TPSA) is 92.9 Å². The second-order valence-electron chi connectivity index (χ2n) is 4.96. The van der Waals surface area contributed by atoms with Gasteiger partial charge in [-0.2, -0.15) is 0 Å². The number of nitrogens with one attached hydrogen (secondary N) is 1. The lowest BCUT2D eigenvalue weighted by Crippen LogP contribution is -2.37. The van der Waals surface area contributed by atoms with Crippen molar-refractivity contribution in [2.75, 3.05) is 6.54 Å². The lowest BCUT2D eigenvalue weighted by atomic mass is 10.1. The van der Waals surface area contributed by atoms with Gasteiger partial charge in [0.1, 0.15) is 6.54 Å². The van der Waals surface area contributed by atoms with Crippen molar-refractivity contribution in [1.29, 1.82) is 0 Å². The fourth-order valence-corrected chi connectivity index (χ4v) is 1.38. The first-order chi connectivity index (χ1) is 8.41. The van der Waals surface area contributed by atoms with Gasteiger partial charge in [-0.1, -0.05) is 27.7 Å². The summed E-state index contributed by atoms with van der Waals surface area (Å²) in [7, 11) is 0. The molecule has 0 radical (unpaired) electrons. The second-order valence-corrected chi connectivity index (χ2v) is 4.96. The molecular weight excluding hydrogens is 234 g/mol. The first-order valence-electron chi connectivity index (χ1n) is 6.12. The number of hydrogen-bond acceptors (Lipinski definition) is 5. The van der Waals surface area contributed by atoms with Gasteiger partial charge in [0, 0.05) is 12.5 Å². The summed E-state index contributed by atoms with van der Waals surface area (Å²) in [5.41, 5.74) is 0. The minimum absolute atomic E-state index is 0.0747. The Morgan fingerprint density at radius 1 is 1.39 bits per heavy atom. The number of hydrogen-bond donors (Lipinski definition) is 2. The number of tetrazole rings is 1. The van der Waals surface area contributed by atoms with E-state index in [-0.39, 0.29) is 30.8 Å². The van der Waals surface area contributed by atoms with E-state index in [4.69, 9.17) is 0 Å². The highest BCUT2D eigenvalue weighted by Gasteiger charge is 2.14. The van der Waals surface area contributed by atoms with E-state index in [1.165, 1.54) is 4.68 Å². The van der Waals surface area contributed by atoms with Gasteiger partial charge in [-0.3, -0.25) is 4.79 Å². The van der Waals surface area contributed by atoms with E-state index in [1.54, 1.807) is 0 Å². The smallest absolute Gasteiger partial charge is 0.241 e. The van der Waals surface area contributed by atoms with E-state index < -0.39 is 6.10 Å². The molecule has 2 N–H and O–H groups in total. The van der Waals surface area contributed by atoms with Crippen LogP contribution in [-0.2, 0) is 11.3 Å². The fourth-order valence-electron chi connectivity index (χ4n) is 1.38. The number of aromatic nitrogens is 4. The highest BCUT2D eigenvalue weighted by atomic mass is 16.3. The van der Waals surface area contributed by atoms with Crippen LogP contribution in [-0.4, -0.2) is 43.9 Å². The highest BCUT2D eigenvalue weighted by molar-refractivity contribution is 5.75. The molecule has 1 rings (SSSR count). The maximum Gasteiger partial charge on any atom is 0.241 e. The van der Waals surface area contributed by atoms with Crippen LogP contribution in [0.4, 0.5) is 0 Å². The number of carbonyl (C=O) groups excluding carboxylic acids is 1. The van der Waals surface area contributed by atoms with Crippen LogP contribution in [0.3, 0.4) is 0 Å². The van der Waals surface area contributed by atoms with Crippen LogP contribution in [0.1, 0.15) is 39.4 Å². The van der Waals surface area contributed by atoms with Crippen molar-refractivity contribution in [3.8, 4) is 0 Å². The summed E-state index contributed by atoms with van der Waals surface area (Å²) >= 11 is 0. The van der Waals surface area contributed by atoms with Crippen molar-refractivity contribution in [2.45, 2.75) is 46.3 Å². The molecule has 18 heavy (non-hydrogen) atoms. The lowest BCUT2D eigenvalue weighted by molar-refractivity contribution is -0.122. The first-order valence-corrected chi connectivity index (χ1v) is 6.12. The molecule has 0 aromatic carbocycles. The molecule has 0 aliphatic carbocycles. The van der Waals surface area contributed by atoms with Crippen molar-refractivity contribution in [3.05, 3.63) is 5.82 Å². The van der Waals surface area contributed by atoms with Gasteiger partial charge < -0.3 is 10.4 Å². The number of nitrogens with zero attached hydrogens (tertiary/aromatic N) is 4. The van der Waals surface area contributed by atoms with Crippen molar-refractivity contribution < 1.29 is 9.90 Å². The van der Waals surface area contributed by atoms with Crippen LogP contribution in [0.15, 0.2) is 0 Å². The summed E-state index contributed by atoms with van der Waals surface area (Å²) in [5, 5.41) is 23.4. The molecule has 7 heteroatoms. The van der Waals surface area contributed by atoms with E-state index in [0.29, 0.717) is 5.82 Å². The predicted molar refractivity (Wildman–Crippen MR) is 65.8 cm³/mol. The van der Waals surface area contributed by atoms with Crippen LogP contribution in [0, 0.1) is 5.92 Å². The summed E-state index contributed by atoms with van der Waals surface area (Å²) in [6.07, 6.45) is -0.535. The van der Waals surface area contributed by atoms with Gasteiger partial charge in [0.2, 0.25) is 5.91 Å². The Morgan fingerprint density at radius 2 is 2.06 bits per heavy atom. The quantitative estimate of drug-likeness (QED) is 0.742. The molecule has 7 nitrogen and oxygen atoms in total. The number of rotatable bonds is 6. The van der Waals surface area contributed by atoms with Gasteiger partial charge in [-0.25, -0.2) is 4.68 Å². The van der Waals surface area contributed by atoms with Crippen LogP contribution in [0.2, 0.25) is 0 Å². The molecule has 0 fully saturated rings. The van der Waals surface area contributed by atoms with Gasteiger partial charge in [0.05, 0.1) is 6.10 Å². The molecule has 1 amide bonds. The van der Waals surface area contributed by atoms with Crippen molar-refractivity contribution in [3.63, 3.8) is 0 Å². The average molecular weight is 255 g/mol. The molecule has 0 saturated carbocycles. The molecule has 0 aliphatic rings. The Balaban J connectivity index is 2.47. The number of aliphatic hydroxyl groups is 1. The molecule has 1 unspecified atom stereocenters. The second kappa shape index (κ2) is 6.44. The van der Waals surface area contributed by atoms with Gasteiger partial charge in [0.25, 0.3) is 0 Å². The van der Waals surface area contributed by atoms with E-state index in [9.17, 15) is 9.90 Å². The molecule has 0 bridgehead atoms. The van der Waals surface area contributed by atoms with Crippen molar-refractivity contribution in [2.24, 2.45) is 5.92 Å². The molecular formula is C11H21N5O2. The number of carbonyl (C=O) groups is 1. The zero-order valence-corrected chi connectivity index (χ0v) is 11.3. The third-order valence-electron chi connectivity index (χ3n) is 2.65. The van der Waals surface area contributed by atoms with Crippen molar-refractivity contribution >= 4 is 5.91 Å². The Morgan fingerprint density at radius 3 is 2.61 bits per heavy atom. The summed E-state index contributed by atoms with van der Waals surface area (Å²) in [6.45, 7) is 8.04. The molecule has 0 aliphatic heterocycles. The van der Waals surface area contributed by atoms with E-state index in [0.717, 1.165) is 0 Å². The number of aliphatic hydroxyl groups excluding tert-OH is 1. The molecule has 0 saturated heterocycles. The SMILES string of the molecule is CC(C)c1nnnn1CC(=O)NCC(O)C(C)C. The Labute approximate surface area is 107 Å². The number of amides is 1. The van der Waals surface area contributed by atoms with Gasteiger partial charge in [-0.15, -0.1) is 5.10 Å². The largest absolute Gasteiger partial charge is 0.391 e. The zero-order valence-electron chi connectivity index (χ0n) is 11.3. The van der Waals surface area contributed by atoms with Crippen molar-refractivity contribution in [1.82, 2.24) is 25.5 Å². The van der Waals surface area contributed by atoms with E-state index >= 15 is 0 Å². The molecule has 1 atom stereocenters. The standard InChI is InChI=1S/C11H21N5O2/c1-7(2)9(17)5-12-10(18)6-16-11(8(3)4)13-14-15-16/h7-9,17H,5-6H2,1-4H3,(H,12,18). The summed E-state index contributed by atoms with van der Waals surface area (Å²) < 4.78 is 1.47. The first kappa shape index (κ1) is 14.6.